The monoisotopic (exact) mass is 224 g/mol. The van der Waals surface area contributed by atoms with Crippen LogP contribution < -0.4 is 5.32 Å². The maximum Gasteiger partial charge on any atom is 0.0690 e. The molecule has 2 N–H and O–H groups in total. The van der Waals surface area contributed by atoms with Gasteiger partial charge in [0.15, 0.2) is 0 Å². The predicted molar refractivity (Wildman–Crippen MR) is 67.4 cm³/mol. The molecule has 1 aromatic rings. The average Bonchev–Trinajstić information content (AvgIpc) is 2.65. The third-order valence-electron chi connectivity index (χ3n) is 2.68. The van der Waals surface area contributed by atoms with Crippen molar-refractivity contribution in [1.82, 2.24) is 9.88 Å². The van der Waals surface area contributed by atoms with E-state index in [-0.39, 0.29) is 6.10 Å². The molecule has 3 nitrogen and oxygen atoms in total. The minimum absolute atomic E-state index is 0.288. The van der Waals surface area contributed by atoms with Gasteiger partial charge in [0.05, 0.1) is 6.10 Å². The molecule has 2 atom stereocenters. The van der Waals surface area contributed by atoms with Crippen LogP contribution >= 0.6 is 0 Å². The van der Waals surface area contributed by atoms with Crippen LogP contribution in [0.15, 0.2) is 18.5 Å². The van der Waals surface area contributed by atoms with Gasteiger partial charge in [-0.05, 0) is 31.5 Å². The second kappa shape index (κ2) is 6.71. The van der Waals surface area contributed by atoms with Gasteiger partial charge < -0.3 is 15.0 Å². The zero-order valence-corrected chi connectivity index (χ0v) is 10.6. The lowest BCUT2D eigenvalue weighted by molar-refractivity contribution is 0.173. The van der Waals surface area contributed by atoms with Crippen molar-refractivity contribution in [2.45, 2.75) is 52.3 Å². The molecule has 1 aromatic heterocycles. The van der Waals surface area contributed by atoms with Gasteiger partial charge in [-0.15, -0.1) is 0 Å². The summed E-state index contributed by atoms with van der Waals surface area (Å²) in [5, 5.41) is 12.8. The predicted octanol–water partition coefficient (Wildman–Crippen LogP) is 2.32. The van der Waals surface area contributed by atoms with Crippen LogP contribution in [0.25, 0.3) is 0 Å². The van der Waals surface area contributed by atoms with Crippen LogP contribution in [0.1, 0.15) is 45.2 Å². The molecular weight excluding hydrogens is 200 g/mol. The van der Waals surface area contributed by atoms with Gasteiger partial charge in [-0.1, -0.05) is 20.3 Å². The lowest BCUT2D eigenvalue weighted by Crippen LogP contribution is -2.20. The van der Waals surface area contributed by atoms with Crippen LogP contribution in [-0.4, -0.2) is 22.3 Å². The van der Waals surface area contributed by atoms with E-state index in [2.05, 4.69) is 36.0 Å². The molecule has 0 saturated heterocycles. The Hall–Kier alpha value is -0.800. The molecule has 1 rings (SSSR count). The van der Waals surface area contributed by atoms with Crippen LogP contribution in [-0.2, 0) is 6.54 Å². The molecule has 0 bridgehead atoms. The number of nitrogens with zero attached hydrogens (tertiary/aromatic N) is 1. The maximum absolute atomic E-state index is 9.32. The van der Waals surface area contributed by atoms with Crippen molar-refractivity contribution in [3.8, 4) is 0 Å². The SMILES string of the molecule is CCCC(NCC)c1ccn(CC(C)O)c1. The molecule has 92 valence electrons. The summed E-state index contributed by atoms with van der Waals surface area (Å²) in [6.45, 7) is 7.82. The van der Waals surface area contributed by atoms with E-state index in [0.717, 1.165) is 13.0 Å². The lowest BCUT2D eigenvalue weighted by atomic mass is 10.1. The smallest absolute Gasteiger partial charge is 0.0690 e. The highest BCUT2D eigenvalue weighted by molar-refractivity contribution is 5.15. The topological polar surface area (TPSA) is 37.2 Å². The number of aromatic nitrogens is 1. The second-order valence-electron chi connectivity index (χ2n) is 4.39. The van der Waals surface area contributed by atoms with E-state index in [1.54, 1.807) is 0 Å². The largest absolute Gasteiger partial charge is 0.392 e. The van der Waals surface area contributed by atoms with Crippen molar-refractivity contribution in [2.75, 3.05) is 6.54 Å². The van der Waals surface area contributed by atoms with Crippen molar-refractivity contribution in [3.05, 3.63) is 24.0 Å². The Bertz CT molecular complexity index is 288. The molecule has 0 aliphatic carbocycles. The van der Waals surface area contributed by atoms with E-state index in [4.69, 9.17) is 0 Å². The molecule has 0 fully saturated rings. The highest BCUT2D eigenvalue weighted by atomic mass is 16.3. The Morgan fingerprint density at radius 3 is 2.75 bits per heavy atom. The Kier molecular flexibility index (Phi) is 5.56. The van der Waals surface area contributed by atoms with Gasteiger partial charge in [-0.3, -0.25) is 0 Å². The Morgan fingerprint density at radius 1 is 1.44 bits per heavy atom. The Balaban J connectivity index is 2.65. The molecule has 0 spiro atoms. The van der Waals surface area contributed by atoms with Crippen molar-refractivity contribution in [3.63, 3.8) is 0 Å². The summed E-state index contributed by atoms with van der Waals surface area (Å²) < 4.78 is 2.06. The third kappa shape index (κ3) is 3.99. The quantitative estimate of drug-likeness (QED) is 0.746. The van der Waals surface area contributed by atoms with E-state index in [9.17, 15) is 5.11 Å². The molecule has 0 amide bonds. The highest BCUT2D eigenvalue weighted by Crippen LogP contribution is 2.18. The minimum Gasteiger partial charge on any atom is -0.392 e. The summed E-state index contributed by atoms with van der Waals surface area (Å²) in [6, 6.07) is 2.59. The van der Waals surface area contributed by atoms with E-state index < -0.39 is 0 Å². The fourth-order valence-electron chi connectivity index (χ4n) is 2.01. The van der Waals surface area contributed by atoms with Crippen molar-refractivity contribution in [1.29, 1.82) is 0 Å². The van der Waals surface area contributed by atoms with Crippen LogP contribution in [0.5, 0.6) is 0 Å². The van der Waals surface area contributed by atoms with E-state index in [0.29, 0.717) is 12.6 Å². The van der Waals surface area contributed by atoms with Crippen molar-refractivity contribution >= 4 is 0 Å². The second-order valence-corrected chi connectivity index (χ2v) is 4.39. The van der Waals surface area contributed by atoms with Gasteiger partial charge in [0.2, 0.25) is 0 Å². The fraction of sp³-hybridized carbons (Fsp3) is 0.692. The zero-order chi connectivity index (χ0) is 12.0. The van der Waals surface area contributed by atoms with Crippen LogP contribution in [0, 0.1) is 0 Å². The molecule has 0 radical (unpaired) electrons. The zero-order valence-electron chi connectivity index (χ0n) is 10.6. The lowest BCUT2D eigenvalue weighted by Gasteiger charge is -2.15. The van der Waals surface area contributed by atoms with Gasteiger partial charge in [-0.25, -0.2) is 0 Å². The van der Waals surface area contributed by atoms with E-state index in [1.807, 2.05) is 13.1 Å². The number of hydrogen-bond acceptors (Lipinski definition) is 2. The van der Waals surface area contributed by atoms with Gasteiger partial charge >= 0.3 is 0 Å². The number of nitrogens with one attached hydrogen (secondary N) is 1. The average molecular weight is 224 g/mol. The molecule has 0 aromatic carbocycles. The molecular formula is C13H24N2O. The van der Waals surface area contributed by atoms with Crippen LogP contribution in [0.4, 0.5) is 0 Å². The summed E-state index contributed by atoms with van der Waals surface area (Å²) in [5.74, 6) is 0. The first kappa shape index (κ1) is 13.3. The first-order valence-electron chi connectivity index (χ1n) is 6.24. The van der Waals surface area contributed by atoms with Crippen molar-refractivity contribution in [2.24, 2.45) is 0 Å². The fourth-order valence-corrected chi connectivity index (χ4v) is 2.01. The van der Waals surface area contributed by atoms with Gasteiger partial charge in [0.25, 0.3) is 0 Å². The Morgan fingerprint density at radius 2 is 2.19 bits per heavy atom. The normalized spacial score (nSPS) is 15.0. The van der Waals surface area contributed by atoms with Crippen molar-refractivity contribution < 1.29 is 5.11 Å². The standard InChI is InChI=1S/C13H24N2O/c1-4-6-13(14-5-2)12-7-8-15(10-12)9-11(3)16/h7-8,10-11,13-14,16H,4-6,9H2,1-3H3. The number of aliphatic hydroxyl groups is 1. The summed E-state index contributed by atoms with van der Waals surface area (Å²) in [7, 11) is 0. The molecule has 0 saturated carbocycles. The van der Waals surface area contributed by atoms with E-state index >= 15 is 0 Å². The molecule has 2 unspecified atom stereocenters. The van der Waals surface area contributed by atoms with E-state index in [1.165, 1.54) is 12.0 Å². The first-order chi connectivity index (χ1) is 7.67. The molecule has 3 heteroatoms. The molecule has 0 aliphatic heterocycles. The summed E-state index contributed by atoms with van der Waals surface area (Å²) in [6.07, 6.45) is 6.23. The minimum atomic E-state index is -0.288. The van der Waals surface area contributed by atoms with Crippen LogP contribution in [0.3, 0.4) is 0 Å². The van der Waals surface area contributed by atoms with Gasteiger partial charge in [0.1, 0.15) is 0 Å². The Labute approximate surface area is 98.5 Å². The number of hydrogen-bond donors (Lipinski definition) is 2. The van der Waals surface area contributed by atoms with Crippen LogP contribution in [0.2, 0.25) is 0 Å². The molecule has 16 heavy (non-hydrogen) atoms. The third-order valence-corrected chi connectivity index (χ3v) is 2.68. The van der Waals surface area contributed by atoms with Gasteiger partial charge in [0, 0.05) is 25.0 Å². The molecule has 0 aliphatic rings. The maximum atomic E-state index is 9.32. The summed E-state index contributed by atoms with van der Waals surface area (Å²) in [4.78, 5) is 0. The number of rotatable bonds is 7. The summed E-state index contributed by atoms with van der Waals surface area (Å²) in [5.41, 5.74) is 1.32. The summed E-state index contributed by atoms with van der Waals surface area (Å²) >= 11 is 0. The first-order valence-corrected chi connectivity index (χ1v) is 6.24. The highest BCUT2D eigenvalue weighted by Gasteiger charge is 2.10. The number of aliphatic hydroxyl groups excluding tert-OH is 1. The van der Waals surface area contributed by atoms with Gasteiger partial charge in [-0.2, -0.15) is 0 Å². The molecule has 1 heterocycles.